The van der Waals surface area contributed by atoms with Crippen LogP contribution in [0.2, 0.25) is 0 Å². The second kappa shape index (κ2) is 5.61. The third-order valence-corrected chi connectivity index (χ3v) is 2.95. The van der Waals surface area contributed by atoms with Gasteiger partial charge in [-0.05, 0) is 12.8 Å². The molecule has 17 heavy (non-hydrogen) atoms. The first-order chi connectivity index (χ1) is 8.31. The molecule has 1 aromatic rings. The Hall–Kier alpha value is -1.65. The average Bonchev–Trinajstić information content (AvgIpc) is 2.67. The van der Waals surface area contributed by atoms with Gasteiger partial charge in [0, 0.05) is 13.1 Å². The number of esters is 1. The summed E-state index contributed by atoms with van der Waals surface area (Å²) in [6.07, 6.45) is 8.01. The van der Waals surface area contributed by atoms with Gasteiger partial charge >= 0.3 is 5.97 Å². The number of ether oxygens (including phenoxy) is 1. The fourth-order valence-electron chi connectivity index (χ4n) is 2.01. The summed E-state index contributed by atoms with van der Waals surface area (Å²) in [6.45, 7) is 1.97. The van der Waals surface area contributed by atoms with E-state index in [4.69, 9.17) is 0 Å². The zero-order chi connectivity index (χ0) is 12.1. The summed E-state index contributed by atoms with van der Waals surface area (Å²) < 4.78 is 4.64. The molecule has 0 radical (unpaired) electrons. The van der Waals surface area contributed by atoms with Gasteiger partial charge in [0.05, 0.1) is 19.5 Å². The number of anilines is 1. The maximum absolute atomic E-state index is 11.4. The number of methoxy groups -OCH3 is 1. The van der Waals surface area contributed by atoms with Gasteiger partial charge in [-0.15, -0.1) is 0 Å². The quantitative estimate of drug-likeness (QED) is 0.729. The van der Waals surface area contributed by atoms with Crippen LogP contribution in [0, 0.1) is 0 Å². The van der Waals surface area contributed by atoms with Gasteiger partial charge in [0.15, 0.2) is 5.69 Å². The topological polar surface area (TPSA) is 55.3 Å². The van der Waals surface area contributed by atoms with E-state index in [1.54, 1.807) is 6.20 Å². The summed E-state index contributed by atoms with van der Waals surface area (Å²) in [5.41, 5.74) is 0.272. The van der Waals surface area contributed by atoms with Crippen LogP contribution in [-0.4, -0.2) is 36.1 Å². The Morgan fingerprint density at radius 3 is 2.59 bits per heavy atom. The second-order valence-corrected chi connectivity index (χ2v) is 4.16. The average molecular weight is 235 g/mol. The first-order valence-electron chi connectivity index (χ1n) is 5.96. The van der Waals surface area contributed by atoms with Gasteiger partial charge in [-0.3, -0.25) is 4.98 Å². The molecule has 2 rings (SSSR count). The lowest BCUT2D eigenvalue weighted by molar-refractivity contribution is 0.0593. The summed E-state index contributed by atoms with van der Waals surface area (Å²) in [4.78, 5) is 21.9. The van der Waals surface area contributed by atoms with Crippen LogP contribution < -0.4 is 4.90 Å². The molecule has 92 valence electrons. The van der Waals surface area contributed by atoms with Crippen LogP contribution in [0.1, 0.15) is 36.2 Å². The number of hydrogen-bond acceptors (Lipinski definition) is 5. The fraction of sp³-hybridized carbons (Fsp3) is 0.583. The van der Waals surface area contributed by atoms with Crippen LogP contribution in [0.25, 0.3) is 0 Å². The zero-order valence-corrected chi connectivity index (χ0v) is 10.1. The molecular weight excluding hydrogens is 218 g/mol. The highest BCUT2D eigenvalue weighted by Crippen LogP contribution is 2.16. The van der Waals surface area contributed by atoms with Crippen molar-refractivity contribution in [2.45, 2.75) is 25.7 Å². The molecule has 1 saturated heterocycles. The van der Waals surface area contributed by atoms with E-state index in [2.05, 4.69) is 19.6 Å². The van der Waals surface area contributed by atoms with Crippen LogP contribution in [-0.2, 0) is 4.74 Å². The third kappa shape index (κ3) is 2.93. The highest BCUT2D eigenvalue weighted by molar-refractivity contribution is 5.87. The number of nitrogens with zero attached hydrogens (tertiary/aromatic N) is 3. The number of hydrogen-bond donors (Lipinski definition) is 0. The van der Waals surface area contributed by atoms with Crippen LogP contribution in [0.15, 0.2) is 12.4 Å². The number of carbonyl (C=O) groups excluding carboxylic acids is 1. The Balaban J connectivity index is 2.16. The summed E-state index contributed by atoms with van der Waals surface area (Å²) in [7, 11) is 1.35. The Kier molecular flexibility index (Phi) is 3.90. The molecule has 0 aliphatic carbocycles. The Bertz CT molecular complexity index is 387. The fourth-order valence-corrected chi connectivity index (χ4v) is 2.01. The lowest BCUT2D eigenvalue weighted by Gasteiger charge is -2.20. The van der Waals surface area contributed by atoms with Crippen molar-refractivity contribution < 1.29 is 9.53 Å². The zero-order valence-electron chi connectivity index (χ0n) is 10.1. The normalized spacial score (nSPS) is 16.4. The minimum Gasteiger partial charge on any atom is -0.464 e. The maximum atomic E-state index is 11.4. The lowest BCUT2D eigenvalue weighted by Crippen LogP contribution is -2.25. The molecule has 0 unspecified atom stereocenters. The van der Waals surface area contributed by atoms with E-state index < -0.39 is 5.97 Å². The number of carbonyl (C=O) groups is 1. The van der Waals surface area contributed by atoms with Crippen molar-refractivity contribution >= 4 is 11.8 Å². The molecule has 5 heteroatoms. The monoisotopic (exact) mass is 235 g/mol. The van der Waals surface area contributed by atoms with Gasteiger partial charge in [0.1, 0.15) is 5.82 Å². The molecule has 0 atom stereocenters. The molecule has 1 aliphatic rings. The highest BCUT2D eigenvalue weighted by atomic mass is 16.5. The standard InChI is InChI=1S/C12H17N3O2/c1-17-12(16)10-8-13-9-11(14-10)15-6-4-2-3-5-7-15/h8-9H,2-7H2,1H3. The van der Waals surface area contributed by atoms with Crippen molar-refractivity contribution in [3.05, 3.63) is 18.1 Å². The van der Waals surface area contributed by atoms with E-state index in [1.165, 1.54) is 39.0 Å². The first-order valence-corrected chi connectivity index (χ1v) is 5.96. The van der Waals surface area contributed by atoms with Crippen LogP contribution in [0.5, 0.6) is 0 Å². The van der Waals surface area contributed by atoms with Crippen molar-refractivity contribution in [3.8, 4) is 0 Å². The highest BCUT2D eigenvalue weighted by Gasteiger charge is 2.14. The molecule has 0 N–H and O–H groups in total. The Labute approximate surface area is 101 Å². The van der Waals surface area contributed by atoms with E-state index in [9.17, 15) is 4.79 Å². The molecule has 1 fully saturated rings. The number of rotatable bonds is 2. The van der Waals surface area contributed by atoms with Crippen LogP contribution in [0.3, 0.4) is 0 Å². The third-order valence-electron chi connectivity index (χ3n) is 2.95. The van der Waals surface area contributed by atoms with E-state index in [1.807, 2.05) is 0 Å². The van der Waals surface area contributed by atoms with Crippen molar-refractivity contribution in [2.24, 2.45) is 0 Å². The minimum absolute atomic E-state index is 0.272. The minimum atomic E-state index is -0.436. The summed E-state index contributed by atoms with van der Waals surface area (Å²) >= 11 is 0. The van der Waals surface area contributed by atoms with Crippen molar-refractivity contribution in [2.75, 3.05) is 25.1 Å². The molecule has 0 aromatic carbocycles. The SMILES string of the molecule is COC(=O)c1cncc(N2CCCCCC2)n1. The van der Waals surface area contributed by atoms with E-state index >= 15 is 0 Å². The largest absolute Gasteiger partial charge is 0.464 e. The molecule has 5 nitrogen and oxygen atoms in total. The smallest absolute Gasteiger partial charge is 0.358 e. The maximum Gasteiger partial charge on any atom is 0.358 e. The molecular formula is C12H17N3O2. The molecule has 0 spiro atoms. The second-order valence-electron chi connectivity index (χ2n) is 4.16. The van der Waals surface area contributed by atoms with Crippen molar-refractivity contribution in [3.63, 3.8) is 0 Å². The van der Waals surface area contributed by atoms with E-state index in [0.29, 0.717) is 0 Å². The Morgan fingerprint density at radius 1 is 1.24 bits per heavy atom. The summed E-state index contributed by atoms with van der Waals surface area (Å²) in [5, 5.41) is 0. The van der Waals surface area contributed by atoms with E-state index in [-0.39, 0.29) is 5.69 Å². The van der Waals surface area contributed by atoms with Gasteiger partial charge in [0.25, 0.3) is 0 Å². The molecule has 2 heterocycles. The lowest BCUT2D eigenvalue weighted by atomic mass is 10.2. The first kappa shape index (κ1) is 11.8. The Morgan fingerprint density at radius 2 is 1.94 bits per heavy atom. The van der Waals surface area contributed by atoms with Gasteiger partial charge in [0.2, 0.25) is 0 Å². The van der Waals surface area contributed by atoms with Crippen LogP contribution in [0.4, 0.5) is 5.82 Å². The molecule has 0 saturated carbocycles. The summed E-state index contributed by atoms with van der Waals surface area (Å²) in [6, 6.07) is 0. The van der Waals surface area contributed by atoms with Gasteiger partial charge in [-0.1, -0.05) is 12.8 Å². The van der Waals surface area contributed by atoms with Gasteiger partial charge in [-0.2, -0.15) is 0 Å². The number of aromatic nitrogens is 2. The molecule has 1 aliphatic heterocycles. The van der Waals surface area contributed by atoms with Crippen molar-refractivity contribution in [1.82, 2.24) is 9.97 Å². The van der Waals surface area contributed by atoms with Crippen LogP contribution >= 0.6 is 0 Å². The van der Waals surface area contributed by atoms with Gasteiger partial charge in [-0.25, -0.2) is 9.78 Å². The van der Waals surface area contributed by atoms with E-state index in [0.717, 1.165) is 18.9 Å². The summed E-state index contributed by atoms with van der Waals surface area (Å²) in [5.74, 6) is 0.337. The predicted molar refractivity (Wildman–Crippen MR) is 64.1 cm³/mol. The molecule has 1 aromatic heterocycles. The molecule has 0 amide bonds. The van der Waals surface area contributed by atoms with Crippen molar-refractivity contribution in [1.29, 1.82) is 0 Å². The predicted octanol–water partition coefficient (Wildman–Crippen LogP) is 1.64. The molecule has 0 bridgehead atoms. The van der Waals surface area contributed by atoms with Gasteiger partial charge < -0.3 is 9.64 Å².